The lowest BCUT2D eigenvalue weighted by Gasteiger charge is -2.20. The molecule has 1 heterocycles. The third-order valence-electron chi connectivity index (χ3n) is 3.93. The summed E-state index contributed by atoms with van der Waals surface area (Å²) in [4.78, 5) is 14.4. The van der Waals surface area contributed by atoms with Crippen molar-refractivity contribution in [3.05, 3.63) is 35.9 Å². The van der Waals surface area contributed by atoms with Gasteiger partial charge in [0, 0.05) is 6.54 Å². The predicted octanol–water partition coefficient (Wildman–Crippen LogP) is 1.79. The Balaban J connectivity index is 1.65. The summed E-state index contributed by atoms with van der Waals surface area (Å²) >= 11 is 0. The Kier molecular flexibility index (Phi) is 3.08. The van der Waals surface area contributed by atoms with Crippen molar-refractivity contribution in [3.8, 4) is 0 Å². The molecule has 3 nitrogen and oxygen atoms in total. The lowest BCUT2D eigenvalue weighted by atomic mass is 10.1. The van der Waals surface area contributed by atoms with Gasteiger partial charge in [-0.1, -0.05) is 30.3 Å². The topological polar surface area (TPSA) is 32.3 Å². The van der Waals surface area contributed by atoms with Crippen LogP contribution in [0.1, 0.15) is 25.3 Å². The fourth-order valence-corrected chi connectivity index (χ4v) is 2.67. The van der Waals surface area contributed by atoms with Gasteiger partial charge in [0.15, 0.2) is 0 Å². The average molecular weight is 244 g/mol. The minimum atomic E-state index is -0.0406. The molecule has 1 aromatic carbocycles. The van der Waals surface area contributed by atoms with Crippen molar-refractivity contribution >= 4 is 5.91 Å². The number of nitrogens with one attached hydrogen (secondary N) is 1. The molecule has 1 N–H and O–H groups in total. The molecule has 1 aliphatic carbocycles. The first-order valence-corrected chi connectivity index (χ1v) is 6.84. The van der Waals surface area contributed by atoms with Gasteiger partial charge in [0.2, 0.25) is 5.91 Å². The van der Waals surface area contributed by atoms with E-state index in [0.29, 0.717) is 0 Å². The quantitative estimate of drug-likeness (QED) is 0.875. The Morgan fingerprint density at radius 3 is 2.67 bits per heavy atom. The van der Waals surface area contributed by atoms with Crippen LogP contribution in [0.15, 0.2) is 30.3 Å². The molecule has 1 saturated carbocycles. The van der Waals surface area contributed by atoms with E-state index >= 15 is 0 Å². The van der Waals surface area contributed by atoms with Gasteiger partial charge in [-0.2, -0.15) is 0 Å². The van der Waals surface area contributed by atoms with Crippen molar-refractivity contribution in [1.29, 1.82) is 0 Å². The van der Waals surface area contributed by atoms with E-state index in [1.807, 2.05) is 23.1 Å². The molecular formula is C15H20N2O. The van der Waals surface area contributed by atoms with Crippen molar-refractivity contribution in [2.45, 2.75) is 38.4 Å². The Labute approximate surface area is 108 Å². The van der Waals surface area contributed by atoms with Gasteiger partial charge in [-0.3, -0.25) is 10.1 Å². The predicted molar refractivity (Wildman–Crippen MR) is 71.0 cm³/mol. The standard InChI is InChI=1S/C15H20N2O/c1-11-16-14(9-12-5-3-2-4-6-12)15(18)17(11)10-13-7-8-13/h2-6,11,13-14,16H,7-10H2,1H3. The summed E-state index contributed by atoms with van der Waals surface area (Å²) in [6.07, 6.45) is 3.57. The number of benzene rings is 1. The lowest BCUT2D eigenvalue weighted by molar-refractivity contribution is -0.130. The van der Waals surface area contributed by atoms with Gasteiger partial charge in [0.05, 0.1) is 12.2 Å². The lowest BCUT2D eigenvalue weighted by Crippen LogP contribution is -2.36. The number of amides is 1. The molecule has 2 aliphatic rings. The summed E-state index contributed by atoms with van der Waals surface area (Å²) in [7, 11) is 0. The van der Waals surface area contributed by atoms with Gasteiger partial charge in [-0.15, -0.1) is 0 Å². The van der Waals surface area contributed by atoms with E-state index in [-0.39, 0.29) is 18.1 Å². The van der Waals surface area contributed by atoms with E-state index in [9.17, 15) is 4.79 Å². The van der Waals surface area contributed by atoms with Crippen molar-refractivity contribution in [1.82, 2.24) is 10.2 Å². The molecule has 1 amide bonds. The molecule has 2 fully saturated rings. The van der Waals surface area contributed by atoms with Gasteiger partial charge < -0.3 is 4.90 Å². The second-order valence-electron chi connectivity index (χ2n) is 5.52. The average Bonchev–Trinajstić information content (AvgIpc) is 3.15. The highest BCUT2D eigenvalue weighted by Crippen LogP contribution is 2.31. The van der Waals surface area contributed by atoms with Crippen LogP contribution in [0.25, 0.3) is 0 Å². The van der Waals surface area contributed by atoms with Gasteiger partial charge in [-0.05, 0) is 37.7 Å². The van der Waals surface area contributed by atoms with Gasteiger partial charge >= 0.3 is 0 Å². The second kappa shape index (κ2) is 4.73. The molecule has 0 radical (unpaired) electrons. The molecule has 3 rings (SSSR count). The van der Waals surface area contributed by atoms with E-state index in [0.717, 1.165) is 18.9 Å². The number of rotatable bonds is 4. The van der Waals surface area contributed by atoms with Crippen molar-refractivity contribution in [3.63, 3.8) is 0 Å². The second-order valence-corrected chi connectivity index (χ2v) is 5.52. The molecule has 3 heteroatoms. The number of carbonyl (C=O) groups is 1. The maximum atomic E-state index is 12.3. The van der Waals surface area contributed by atoms with Crippen LogP contribution in [0.2, 0.25) is 0 Å². The van der Waals surface area contributed by atoms with Gasteiger partial charge in [-0.25, -0.2) is 0 Å². The Morgan fingerprint density at radius 2 is 2.00 bits per heavy atom. The normalized spacial score (nSPS) is 27.8. The fraction of sp³-hybridized carbons (Fsp3) is 0.533. The maximum absolute atomic E-state index is 12.3. The SMILES string of the molecule is CC1NC(Cc2ccccc2)C(=O)N1CC1CC1. The fourth-order valence-electron chi connectivity index (χ4n) is 2.67. The van der Waals surface area contributed by atoms with Crippen LogP contribution in [-0.2, 0) is 11.2 Å². The Bertz CT molecular complexity index is 427. The van der Waals surface area contributed by atoms with Crippen LogP contribution in [0.4, 0.5) is 0 Å². The molecule has 2 atom stereocenters. The smallest absolute Gasteiger partial charge is 0.241 e. The van der Waals surface area contributed by atoms with Crippen LogP contribution >= 0.6 is 0 Å². The number of hydrogen-bond acceptors (Lipinski definition) is 2. The highest BCUT2D eigenvalue weighted by molar-refractivity contribution is 5.84. The van der Waals surface area contributed by atoms with Crippen LogP contribution < -0.4 is 5.32 Å². The molecule has 1 aromatic rings. The molecule has 18 heavy (non-hydrogen) atoms. The van der Waals surface area contributed by atoms with E-state index < -0.39 is 0 Å². The molecule has 0 bridgehead atoms. The van der Waals surface area contributed by atoms with E-state index in [4.69, 9.17) is 0 Å². The Morgan fingerprint density at radius 1 is 1.28 bits per heavy atom. The zero-order valence-corrected chi connectivity index (χ0v) is 10.8. The third-order valence-corrected chi connectivity index (χ3v) is 3.93. The van der Waals surface area contributed by atoms with Crippen LogP contribution in [0, 0.1) is 5.92 Å². The first-order valence-electron chi connectivity index (χ1n) is 6.84. The van der Waals surface area contributed by atoms with Crippen molar-refractivity contribution < 1.29 is 4.79 Å². The third kappa shape index (κ3) is 2.41. The highest BCUT2D eigenvalue weighted by atomic mass is 16.2. The molecule has 0 aromatic heterocycles. The molecule has 1 saturated heterocycles. The zero-order valence-electron chi connectivity index (χ0n) is 10.8. The molecule has 2 unspecified atom stereocenters. The van der Waals surface area contributed by atoms with E-state index in [1.54, 1.807) is 0 Å². The summed E-state index contributed by atoms with van der Waals surface area (Å²) in [5, 5.41) is 3.41. The monoisotopic (exact) mass is 244 g/mol. The summed E-state index contributed by atoms with van der Waals surface area (Å²) in [5.74, 6) is 1.03. The minimum absolute atomic E-state index is 0.0406. The number of carbonyl (C=O) groups excluding carboxylic acids is 1. The highest BCUT2D eigenvalue weighted by Gasteiger charge is 2.38. The summed E-state index contributed by atoms with van der Waals surface area (Å²) in [6, 6.07) is 10.2. The largest absolute Gasteiger partial charge is 0.326 e. The molecule has 0 spiro atoms. The first-order chi connectivity index (χ1) is 8.74. The maximum Gasteiger partial charge on any atom is 0.241 e. The zero-order chi connectivity index (χ0) is 12.5. The molecule has 1 aliphatic heterocycles. The van der Waals surface area contributed by atoms with E-state index in [1.165, 1.54) is 18.4 Å². The van der Waals surface area contributed by atoms with Gasteiger partial charge in [0.25, 0.3) is 0 Å². The van der Waals surface area contributed by atoms with Crippen molar-refractivity contribution in [2.75, 3.05) is 6.54 Å². The first kappa shape index (κ1) is 11.7. The molecule has 96 valence electrons. The van der Waals surface area contributed by atoms with Crippen LogP contribution in [0.5, 0.6) is 0 Å². The number of nitrogens with zero attached hydrogens (tertiary/aromatic N) is 1. The van der Waals surface area contributed by atoms with Crippen LogP contribution in [0.3, 0.4) is 0 Å². The minimum Gasteiger partial charge on any atom is -0.326 e. The number of hydrogen-bond donors (Lipinski definition) is 1. The van der Waals surface area contributed by atoms with Crippen LogP contribution in [-0.4, -0.2) is 29.6 Å². The van der Waals surface area contributed by atoms with Crippen molar-refractivity contribution in [2.24, 2.45) is 5.92 Å². The van der Waals surface area contributed by atoms with Gasteiger partial charge in [0.1, 0.15) is 0 Å². The Hall–Kier alpha value is -1.35. The summed E-state index contributed by atoms with van der Waals surface area (Å²) in [6.45, 7) is 3.03. The molecular weight excluding hydrogens is 224 g/mol. The summed E-state index contributed by atoms with van der Waals surface area (Å²) < 4.78 is 0. The van der Waals surface area contributed by atoms with E-state index in [2.05, 4.69) is 24.4 Å². The summed E-state index contributed by atoms with van der Waals surface area (Å²) in [5.41, 5.74) is 1.23.